The predicted molar refractivity (Wildman–Crippen MR) is 71.0 cm³/mol. The second-order valence-electron chi connectivity index (χ2n) is 4.74. The molecule has 1 aliphatic rings. The van der Waals surface area contributed by atoms with Gasteiger partial charge in [0, 0.05) is 24.7 Å². The minimum Gasteiger partial charge on any atom is -0.381 e. The summed E-state index contributed by atoms with van der Waals surface area (Å²) in [5.74, 6) is -0.639. The van der Waals surface area contributed by atoms with Gasteiger partial charge in [-0.1, -0.05) is 0 Å². The van der Waals surface area contributed by atoms with Crippen molar-refractivity contribution in [2.45, 2.75) is 19.3 Å². The molecular formula is C13H14BrClF2O. The van der Waals surface area contributed by atoms with E-state index in [4.69, 9.17) is 16.3 Å². The van der Waals surface area contributed by atoms with Gasteiger partial charge in [-0.05, 0) is 52.7 Å². The van der Waals surface area contributed by atoms with Crippen molar-refractivity contribution in [2.75, 3.05) is 19.1 Å². The van der Waals surface area contributed by atoms with Gasteiger partial charge in [0.05, 0.1) is 4.47 Å². The SMILES string of the molecule is Fc1ccc(Br)c(F)c1CC1(CCl)CCOCC1. The zero-order valence-corrected chi connectivity index (χ0v) is 12.2. The van der Waals surface area contributed by atoms with Gasteiger partial charge < -0.3 is 4.74 Å². The first-order valence-corrected chi connectivity index (χ1v) is 7.17. The van der Waals surface area contributed by atoms with E-state index in [0.29, 0.717) is 25.5 Å². The van der Waals surface area contributed by atoms with E-state index in [2.05, 4.69) is 15.9 Å². The molecule has 0 N–H and O–H groups in total. The lowest BCUT2D eigenvalue weighted by molar-refractivity contribution is 0.0250. The van der Waals surface area contributed by atoms with Crippen molar-refractivity contribution in [3.05, 3.63) is 33.8 Å². The fraction of sp³-hybridized carbons (Fsp3) is 0.538. The summed E-state index contributed by atoms with van der Waals surface area (Å²) < 4.78 is 33.3. The Morgan fingerprint density at radius 3 is 2.56 bits per heavy atom. The zero-order chi connectivity index (χ0) is 13.2. The second-order valence-corrected chi connectivity index (χ2v) is 5.87. The molecule has 5 heteroatoms. The van der Waals surface area contributed by atoms with Crippen LogP contribution in [0, 0.1) is 17.0 Å². The molecule has 1 aromatic carbocycles. The minimum absolute atomic E-state index is 0.118. The molecule has 0 saturated carbocycles. The van der Waals surface area contributed by atoms with E-state index in [1.807, 2.05) is 0 Å². The summed E-state index contributed by atoms with van der Waals surface area (Å²) in [4.78, 5) is 0. The topological polar surface area (TPSA) is 9.23 Å². The first kappa shape index (κ1) is 14.2. The van der Waals surface area contributed by atoms with Crippen LogP contribution in [0.3, 0.4) is 0 Å². The number of benzene rings is 1. The third-order valence-electron chi connectivity index (χ3n) is 3.53. The van der Waals surface area contributed by atoms with Gasteiger partial charge >= 0.3 is 0 Å². The Morgan fingerprint density at radius 1 is 1.28 bits per heavy atom. The largest absolute Gasteiger partial charge is 0.381 e. The number of alkyl halides is 1. The average Bonchev–Trinajstić information content (AvgIpc) is 2.40. The molecule has 1 fully saturated rings. The molecule has 1 nitrogen and oxygen atoms in total. The number of hydrogen-bond donors (Lipinski definition) is 0. The van der Waals surface area contributed by atoms with Crippen LogP contribution in [-0.4, -0.2) is 19.1 Å². The van der Waals surface area contributed by atoms with Gasteiger partial charge in [0.25, 0.3) is 0 Å². The molecule has 0 bridgehead atoms. The van der Waals surface area contributed by atoms with Crippen molar-refractivity contribution in [1.29, 1.82) is 0 Å². The van der Waals surface area contributed by atoms with Crippen LogP contribution >= 0.6 is 27.5 Å². The molecule has 1 aromatic rings. The lowest BCUT2D eigenvalue weighted by Gasteiger charge is -2.35. The lowest BCUT2D eigenvalue weighted by Crippen LogP contribution is -2.34. The Hall–Kier alpha value is -0.190. The Labute approximate surface area is 119 Å². The molecule has 18 heavy (non-hydrogen) atoms. The number of hydrogen-bond acceptors (Lipinski definition) is 1. The maximum absolute atomic E-state index is 14.0. The Balaban J connectivity index is 2.29. The maximum atomic E-state index is 14.0. The molecule has 100 valence electrons. The third kappa shape index (κ3) is 2.86. The number of halogens is 4. The summed E-state index contributed by atoms with van der Waals surface area (Å²) in [5.41, 5.74) is -0.144. The van der Waals surface area contributed by atoms with Gasteiger partial charge in [-0.15, -0.1) is 11.6 Å². The molecule has 1 heterocycles. The second kappa shape index (κ2) is 5.85. The summed E-state index contributed by atoms with van der Waals surface area (Å²) in [6.07, 6.45) is 1.79. The van der Waals surface area contributed by atoms with Crippen LogP contribution in [-0.2, 0) is 11.2 Å². The Morgan fingerprint density at radius 2 is 1.94 bits per heavy atom. The van der Waals surface area contributed by atoms with Crippen LogP contribution in [0.4, 0.5) is 8.78 Å². The predicted octanol–water partition coefficient (Wildman–Crippen LogP) is 4.31. The zero-order valence-electron chi connectivity index (χ0n) is 9.82. The van der Waals surface area contributed by atoms with Crippen LogP contribution in [0.25, 0.3) is 0 Å². The molecule has 0 aliphatic carbocycles. The van der Waals surface area contributed by atoms with E-state index >= 15 is 0 Å². The molecule has 0 spiro atoms. The van der Waals surface area contributed by atoms with Crippen molar-refractivity contribution >= 4 is 27.5 Å². The van der Waals surface area contributed by atoms with Crippen molar-refractivity contribution in [3.63, 3.8) is 0 Å². The van der Waals surface area contributed by atoms with Crippen LogP contribution in [0.2, 0.25) is 0 Å². The fourth-order valence-electron chi connectivity index (χ4n) is 2.27. The van der Waals surface area contributed by atoms with Crippen molar-refractivity contribution in [3.8, 4) is 0 Å². The van der Waals surface area contributed by atoms with Gasteiger partial charge in [0.15, 0.2) is 0 Å². The van der Waals surface area contributed by atoms with Crippen LogP contribution in [0.5, 0.6) is 0 Å². The van der Waals surface area contributed by atoms with Gasteiger partial charge in [0.2, 0.25) is 0 Å². The fourth-order valence-corrected chi connectivity index (χ4v) is 3.00. The summed E-state index contributed by atoms with van der Waals surface area (Å²) in [6, 6.07) is 2.66. The van der Waals surface area contributed by atoms with Crippen molar-refractivity contribution < 1.29 is 13.5 Å². The highest BCUT2D eigenvalue weighted by Gasteiger charge is 2.34. The summed E-state index contributed by atoms with van der Waals surface area (Å²) in [6.45, 7) is 1.20. The first-order chi connectivity index (χ1) is 8.58. The van der Waals surface area contributed by atoms with E-state index < -0.39 is 11.6 Å². The molecule has 0 atom stereocenters. The monoisotopic (exact) mass is 338 g/mol. The molecule has 0 amide bonds. The first-order valence-electron chi connectivity index (χ1n) is 5.84. The van der Waals surface area contributed by atoms with Crippen molar-refractivity contribution in [2.24, 2.45) is 5.41 Å². The molecular weight excluding hydrogens is 325 g/mol. The van der Waals surface area contributed by atoms with Crippen LogP contribution < -0.4 is 0 Å². The van der Waals surface area contributed by atoms with E-state index in [1.54, 1.807) is 0 Å². The molecule has 2 rings (SSSR count). The number of ether oxygens (including phenoxy) is 1. The highest BCUT2D eigenvalue weighted by atomic mass is 79.9. The molecule has 0 unspecified atom stereocenters. The van der Waals surface area contributed by atoms with Gasteiger partial charge in [0.1, 0.15) is 11.6 Å². The quantitative estimate of drug-likeness (QED) is 0.589. The summed E-state index contributed by atoms with van der Waals surface area (Å²) in [7, 11) is 0. The molecule has 1 aliphatic heterocycles. The van der Waals surface area contributed by atoms with Crippen LogP contribution in [0.15, 0.2) is 16.6 Å². The minimum atomic E-state index is -0.522. The molecule has 1 saturated heterocycles. The lowest BCUT2D eigenvalue weighted by atomic mass is 9.77. The van der Waals surface area contributed by atoms with Gasteiger partial charge in [-0.2, -0.15) is 0 Å². The Bertz CT molecular complexity index is 433. The standard InChI is InChI=1S/C13H14BrClF2O/c14-10-1-2-11(16)9(12(10)17)7-13(8-15)3-5-18-6-4-13/h1-2H,3-8H2. The smallest absolute Gasteiger partial charge is 0.143 e. The highest BCUT2D eigenvalue weighted by Crippen LogP contribution is 2.37. The van der Waals surface area contributed by atoms with E-state index in [-0.39, 0.29) is 15.5 Å². The van der Waals surface area contributed by atoms with E-state index in [0.717, 1.165) is 12.8 Å². The number of rotatable bonds is 3. The van der Waals surface area contributed by atoms with Crippen molar-refractivity contribution in [1.82, 2.24) is 0 Å². The van der Waals surface area contributed by atoms with Gasteiger partial charge in [-0.25, -0.2) is 8.78 Å². The maximum Gasteiger partial charge on any atom is 0.143 e. The third-order valence-corrected chi connectivity index (χ3v) is 4.71. The average molecular weight is 340 g/mol. The van der Waals surface area contributed by atoms with Crippen LogP contribution in [0.1, 0.15) is 18.4 Å². The van der Waals surface area contributed by atoms with E-state index in [9.17, 15) is 8.78 Å². The molecule has 0 aromatic heterocycles. The Kier molecular flexibility index (Phi) is 4.62. The normalized spacial score (nSPS) is 18.9. The highest BCUT2D eigenvalue weighted by molar-refractivity contribution is 9.10. The van der Waals surface area contributed by atoms with Gasteiger partial charge in [-0.3, -0.25) is 0 Å². The molecule has 0 radical (unpaired) electrons. The summed E-state index contributed by atoms with van der Waals surface area (Å²) >= 11 is 9.10. The van der Waals surface area contributed by atoms with E-state index in [1.165, 1.54) is 12.1 Å². The summed E-state index contributed by atoms with van der Waals surface area (Å²) in [5, 5.41) is 0.